The summed E-state index contributed by atoms with van der Waals surface area (Å²) in [6, 6.07) is 3.89. The molecule has 0 bridgehead atoms. The van der Waals surface area contributed by atoms with Crippen LogP contribution in [0.2, 0.25) is 0 Å². The first-order valence-corrected chi connectivity index (χ1v) is 6.41. The van der Waals surface area contributed by atoms with Gasteiger partial charge in [-0.25, -0.2) is 4.79 Å². The minimum absolute atomic E-state index is 0.0684. The first-order chi connectivity index (χ1) is 10.1. The number of methoxy groups -OCH3 is 1. The highest BCUT2D eigenvalue weighted by Crippen LogP contribution is 2.29. The van der Waals surface area contributed by atoms with Gasteiger partial charge in [0.1, 0.15) is 6.04 Å². The van der Waals surface area contributed by atoms with E-state index in [9.17, 15) is 9.90 Å². The summed E-state index contributed by atoms with van der Waals surface area (Å²) in [4.78, 5) is 14.6. The van der Waals surface area contributed by atoms with Gasteiger partial charge in [0.2, 0.25) is 0 Å². The highest BCUT2D eigenvalue weighted by atomic mass is 16.5. The van der Waals surface area contributed by atoms with Crippen molar-refractivity contribution in [2.24, 2.45) is 5.11 Å². The summed E-state index contributed by atoms with van der Waals surface area (Å²) in [5.41, 5.74) is 8.76. The Morgan fingerprint density at radius 3 is 2.90 bits per heavy atom. The van der Waals surface area contributed by atoms with Crippen molar-refractivity contribution in [2.75, 3.05) is 26.8 Å². The van der Waals surface area contributed by atoms with E-state index in [1.54, 1.807) is 19.1 Å². The number of benzene rings is 1. The number of phenols is 1. The monoisotopic (exact) mass is 294 g/mol. The van der Waals surface area contributed by atoms with Crippen molar-refractivity contribution in [2.45, 2.75) is 13.0 Å². The van der Waals surface area contributed by atoms with E-state index < -0.39 is 12.0 Å². The number of nitrogens with zero attached hydrogens (tertiary/aromatic N) is 3. The van der Waals surface area contributed by atoms with Gasteiger partial charge in [0, 0.05) is 18.0 Å². The maximum atomic E-state index is 12.0. The smallest absolute Gasteiger partial charge is 0.327 e. The second kappa shape index (κ2) is 8.68. The number of nitrogens with one attached hydrogen (secondary N) is 1. The van der Waals surface area contributed by atoms with Crippen molar-refractivity contribution in [3.8, 4) is 11.5 Å². The van der Waals surface area contributed by atoms with E-state index in [0.29, 0.717) is 17.9 Å². The molecular weight excluding hydrogens is 276 g/mol. The first-order valence-electron chi connectivity index (χ1n) is 6.41. The number of rotatable bonds is 8. The first kappa shape index (κ1) is 16.6. The number of esters is 1. The quantitative estimate of drug-likeness (QED) is 0.250. The Morgan fingerprint density at radius 2 is 2.33 bits per heavy atom. The molecule has 0 fully saturated rings. The Hall–Kier alpha value is -2.44. The minimum Gasteiger partial charge on any atom is -0.504 e. The average Bonchev–Trinajstić information content (AvgIpc) is 2.47. The third kappa shape index (κ3) is 4.87. The van der Waals surface area contributed by atoms with E-state index >= 15 is 0 Å². The number of ether oxygens (including phenoxy) is 2. The lowest BCUT2D eigenvalue weighted by Gasteiger charge is -2.18. The minimum atomic E-state index is -0.754. The lowest BCUT2D eigenvalue weighted by atomic mass is 10.1. The van der Waals surface area contributed by atoms with Crippen LogP contribution in [0.5, 0.6) is 11.5 Å². The molecule has 1 unspecified atom stereocenters. The molecule has 2 N–H and O–H groups in total. The molecule has 0 aliphatic rings. The molecule has 0 aliphatic carbocycles. The van der Waals surface area contributed by atoms with Crippen molar-refractivity contribution in [1.82, 2.24) is 5.32 Å². The largest absolute Gasteiger partial charge is 0.504 e. The maximum Gasteiger partial charge on any atom is 0.327 e. The number of aromatic hydroxyl groups is 1. The number of hydrogen-bond donors (Lipinski definition) is 2. The summed E-state index contributed by atoms with van der Waals surface area (Å²) >= 11 is 0. The molecule has 1 aromatic rings. The number of azide groups is 1. The second-order valence-corrected chi connectivity index (χ2v) is 4.02. The molecule has 0 amide bonds. The van der Waals surface area contributed by atoms with Crippen LogP contribution in [0.1, 0.15) is 18.5 Å². The number of carbonyl (C=O) groups excluding carboxylic acids is 1. The van der Waals surface area contributed by atoms with E-state index in [2.05, 4.69) is 15.3 Å². The average molecular weight is 294 g/mol. The molecule has 0 saturated carbocycles. The lowest BCUT2D eigenvalue weighted by Crippen LogP contribution is -2.32. The fourth-order valence-electron chi connectivity index (χ4n) is 1.75. The zero-order chi connectivity index (χ0) is 15.7. The summed E-state index contributed by atoms with van der Waals surface area (Å²) < 4.78 is 9.95. The van der Waals surface area contributed by atoms with Crippen LogP contribution >= 0.6 is 0 Å². The molecule has 114 valence electrons. The van der Waals surface area contributed by atoms with Gasteiger partial charge in [-0.1, -0.05) is 11.2 Å². The summed E-state index contributed by atoms with van der Waals surface area (Å²) in [6.45, 7) is 2.46. The van der Waals surface area contributed by atoms with Crippen LogP contribution in [0, 0.1) is 0 Å². The van der Waals surface area contributed by atoms with Crippen LogP contribution in [0.4, 0.5) is 0 Å². The Balaban J connectivity index is 2.91. The number of phenolic OH excluding ortho intramolecular Hbond substituents is 1. The van der Waals surface area contributed by atoms with Crippen LogP contribution in [-0.2, 0) is 9.53 Å². The van der Waals surface area contributed by atoms with E-state index in [0.717, 1.165) is 0 Å². The predicted molar refractivity (Wildman–Crippen MR) is 76.0 cm³/mol. The van der Waals surface area contributed by atoms with E-state index in [4.69, 9.17) is 15.0 Å². The Labute approximate surface area is 122 Å². The van der Waals surface area contributed by atoms with Gasteiger partial charge in [-0.15, -0.1) is 0 Å². The van der Waals surface area contributed by atoms with Crippen molar-refractivity contribution in [3.05, 3.63) is 34.2 Å². The van der Waals surface area contributed by atoms with Crippen LogP contribution < -0.4 is 10.1 Å². The third-order valence-electron chi connectivity index (χ3n) is 2.68. The lowest BCUT2D eigenvalue weighted by molar-refractivity contribution is -0.145. The third-order valence-corrected chi connectivity index (χ3v) is 2.68. The van der Waals surface area contributed by atoms with Crippen LogP contribution in [0.25, 0.3) is 10.4 Å². The van der Waals surface area contributed by atoms with Crippen molar-refractivity contribution < 1.29 is 19.4 Å². The van der Waals surface area contributed by atoms with Gasteiger partial charge in [-0.2, -0.15) is 0 Å². The Morgan fingerprint density at radius 1 is 1.57 bits per heavy atom. The molecule has 8 nitrogen and oxygen atoms in total. The van der Waals surface area contributed by atoms with Crippen LogP contribution in [0.3, 0.4) is 0 Å². The SMILES string of the molecule is CCOC(=O)C(NCCN=[N+]=[N-])c1ccc(OC)c(O)c1. The highest BCUT2D eigenvalue weighted by Gasteiger charge is 2.22. The molecular formula is C13H18N4O4. The molecule has 0 heterocycles. The van der Waals surface area contributed by atoms with Gasteiger partial charge in [-0.3, -0.25) is 0 Å². The molecule has 8 heteroatoms. The van der Waals surface area contributed by atoms with Gasteiger partial charge >= 0.3 is 5.97 Å². The maximum absolute atomic E-state index is 12.0. The summed E-state index contributed by atoms with van der Waals surface area (Å²) in [5, 5.41) is 16.1. The van der Waals surface area contributed by atoms with Gasteiger partial charge in [-0.05, 0) is 30.2 Å². The predicted octanol–water partition coefficient (Wildman–Crippen LogP) is 1.90. The molecule has 21 heavy (non-hydrogen) atoms. The normalized spacial score (nSPS) is 11.3. The van der Waals surface area contributed by atoms with E-state index in [1.807, 2.05) is 0 Å². The molecule has 0 saturated heterocycles. The molecule has 1 aromatic carbocycles. The fourth-order valence-corrected chi connectivity index (χ4v) is 1.75. The van der Waals surface area contributed by atoms with Gasteiger partial charge in [0.15, 0.2) is 11.5 Å². The Bertz CT molecular complexity index is 529. The van der Waals surface area contributed by atoms with E-state index in [-0.39, 0.29) is 18.9 Å². The number of carbonyl (C=O) groups is 1. The van der Waals surface area contributed by atoms with Crippen LogP contribution in [0.15, 0.2) is 23.3 Å². The fraction of sp³-hybridized carbons (Fsp3) is 0.462. The summed E-state index contributed by atoms with van der Waals surface area (Å²) in [6.07, 6.45) is 0. The van der Waals surface area contributed by atoms with Gasteiger partial charge in [0.05, 0.1) is 13.7 Å². The Kier molecular flexibility index (Phi) is 6.86. The zero-order valence-electron chi connectivity index (χ0n) is 11.9. The van der Waals surface area contributed by atoms with Crippen molar-refractivity contribution in [1.29, 1.82) is 0 Å². The van der Waals surface area contributed by atoms with Crippen molar-refractivity contribution in [3.63, 3.8) is 0 Å². The molecule has 0 radical (unpaired) electrons. The zero-order valence-corrected chi connectivity index (χ0v) is 11.9. The van der Waals surface area contributed by atoms with Gasteiger partial charge in [0.25, 0.3) is 0 Å². The highest BCUT2D eigenvalue weighted by molar-refractivity contribution is 5.78. The molecule has 1 atom stereocenters. The van der Waals surface area contributed by atoms with Crippen LogP contribution in [-0.4, -0.2) is 37.9 Å². The van der Waals surface area contributed by atoms with E-state index in [1.165, 1.54) is 13.2 Å². The standard InChI is InChI=1S/C13H18N4O4/c1-3-21-13(19)12(15-6-7-16-17-14)9-4-5-11(20-2)10(18)8-9/h4-5,8,12,15,18H,3,6-7H2,1-2H3. The second-order valence-electron chi connectivity index (χ2n) is 4.02. The number of hydrogen-bond acceptors (Lipinski definition) is 6. The summed E-state index contributed by atoms with van der Waals surface area (Å²) in [5.74, 6) is -0.223. The molecule has 0 aliphatic heterocycles. The van der Waals surface area contributed by atoms with Crippen molar-refractivity contribution >= 4 is 5.97 Å². The molecule has 1 rings (SSSR count). The molecule has 0 spiro atoms. The van der Waals surface area contributed by atoms with Gasteiger partial charge < -0.3 is 19.9 Å². The summed E-state index contributed by atoms with van der Waals surface area (Å²) in [7, 11) is 1.44. The molecule has 0 aromatic heterocycles. The topological polar surface area (TPSA) is 117 Å².